The molecule has 0 aliphatic carbocycles. The second kappa shape index (κ2) is 9.58. The van der Waals surface area contributed by atoms with E-state index in [2.05, 4.69) is 97.4 Å². The number of hydrogen-bond donors (Lipinski definition) is 1. The standard InChI is InChI=1S/C24H19BrI2N2O2/c1-3-13(2)15-6-9-21-20(10-15)29-24(31-21)14-4-7-17(8-5-14)28-23(30)18-11-16(26)12-19(27)22(18)25/h4-13H,3H2,1-2H3,(H,28,30). The second-order valence-corrected chi connectivity index (χ2v) is 10.5. The van der Waals surface area contributed by atoms with Crippen molar-refractivity contribution in [1.29, 1.82) is 0 Å². The Labute approximate surface area is 216 Å². The van der Waals surface area contributed by atoms with Crippen molar-refractivity contribution in [2.45, 2.75) is 26.2 Å². The lowest BCUT2D eigenvalue weighted by Gasteiger charge is -2.09. The molecule has 31 heavy (non-hydrogen) atoms. The first-order valence-electron chi connectivity index (χ1n) is 9.82. The van der Waals surface area contributed by atoms with Crippen LogP contribution in [0.1, 0.15) is 42.1 Å². The molecule has 7 heteroatoms. The average molecular weight is 701 g/mol. The van der Waals surface area contributed by atoms with Gasteiger partial charge < -0.3 is 9.73 Å². The van der Waals surface area contributed by atoms with E-state index >= 15 is 0 Å². The van der Waals surface area contributed by atoms with E-state index in [1.54, 1.807) is 0 Å². The van der Waals surface area contributed by atoms with Crippen LogP contribution in [0, 0.1) is 7.14 Å². The maximum atomic E-state index is 12.7. The van der Waals surface area contributed by atoms with Crippen molar-refractivity contribution in [3.05, 3.63) is 77.3 Å². The number of carbonyl (C=O) groups excluding carboxylic acids is 1. The lowest BCUT2D eigenvalue weighted by Crippen LogP contribution is -2.13. The quantitative estimate of drug-likeness (QED) is 0.169. The summed E-state index contributed by atoms with van der Waals surface area (Å²) in [5, 5.41) is 2.96. The fourth-order valence-electron chi connectivity index (χ4n) is 3.23. The van der Waals surface area contributed by atoms with Crippen LogP contribution in [0.15, 0.2) is 63.5 Å². The lowest BCUT2D eigenvalue weighted by molar-refractivity contribution is 0.102. The van der Waals surface area contributed by atoms with Crippen LogP contribution in [0.5, 0.6) is 0 Å². The summed E-state index contributed by atoms with van der Waals surface area (Å²) in [6.45, 7) is 4.40. The minimum atomic E-state index is -0.157. The largest absolute Gasteiger partial charge is 0.436 e. The van der Waals surface area contributed by atoms with E-state index < -0.39 is 0 Å². The molecule has 1 heterocycles. The Morgan fingerprint density at radius 1 is 1.13 bits per heavy atom. The Kier molecular flexibility index (Phi) is 7.02. The molecule has 4 nitrogen and oxygen atoms in total. The third-order valence-corrected chi connectivity index (χ3v) is 8.29. The smallest absolute Gasteiger partial charge is 0.256 e. The molecule has 0 bridgehead atoms. The van der Waals surface area contributed by atoms with Crippen LogP contribution in [0.2, 0.25) is 0 Å². The summed E-state index contributed by atoms with van der Waals surface area (Å²) in [4.78, 5) is 17.4. The van der Waals surface area contributed by atoms with Crippen LogP contribution in [0.3, 0.4) is 0 Å². The summed E-state index contributed by atoms with van der Waals surface area (Å²) in [7, 11) is 0. The van der Waals surface area contributed by atoms with Gasteiger partial charge in [0.05, 0.1) is 5.56 Å². The first kappa shape index (κ1) is 22.7. The Morgan fingerprint density at radius 2 is 1.87 bits per heavy atom. The molecule has 1 N–H and O–H groups in total. The molecule has 0 fully saturated rings. The number of anilines is 1. The maximum absolute atomic E-state index is 12.7. The van der Waals surface area contributed by atoms with Gasteiger partial charge in [-0.2, -0.15) is 0 Å². The highest BCUT2D eigenvalue weighted by atomic mass is 127. The molecule has 4 rings (SSSR count). The topological polar surface area (TPSA) is 55.1 Å². The van der Waals surface area contributed by atoms with Crippen molar-refractivity contribution in [2.75, 3.05) is 5.32 Å². The molecule has 158 valence electrons. The minimum absolute atomic E-state index is 0.157. The summed E-state index contributed by atoms with van der Waals surface area (Å²) in [6, 6.07) is 17.6. The van der Waals surface area contributed by atoms with E-state index in [9.17, 15) is 4.79 Å². The van der Waals surface area contributed by atoms with Crippen LogP contribution >= 0.6 is 61.1 Å². The molecule has 3 aromatic carbocycles. The van der Waals surface area contributed by atoms with Gasteiger partial charge in [0, 0.05) is 22.9 Å². The zero-order chi connectivity index (χ0) is 22.1. The normalized spacial score (nSPS) is 12.2. The van der Waals surface area contributed by atoms with Crippen molar-refractivity contribution in [3.63, 3.8) is 0 Å². The Morgan fingerprint density at radius 3 is 2.58 bits per heavy atom. The molecule has 0 aliphatic rings. The molecule has 0 saturated carbocycles. The van der Waals surface area contributed by atoms with Gasteiger partial charge in [0.2, 0.25) is 5.89 Å². The maximum Gasteiger partial charge on any atom is 0.256 e. The highest BCUT2D eigenvalue weighted by molar-refractivity contribution is 14.1. The number of nitrogens with zero attached hydrogens (tertiary/aromatic N) is 1. The van der Waals surface area contributed by atoms with Crippen LogP contribution in [0.4, 0.5) is 5.69 Å². The zero-order valence-corrected chi connectivity index (χ0v) is 22.8. The Balaban J connectivity index is 1.55. The zero-order valence-electron chi connectivity index (χ0n) is 16.9. The van der Waals surface area contributed by atoms with Gasteiger partial charge in [-0.25, -0.2) is 4.98 Å². The number of nitrogens with one attached hydrogen (secondary N) is 1. The van der Waals surface area contributed by atoms with E-state index in [4.69, 9.17) is 4.42 Å². The first-order chi connectivity index (χ1) is 14.9. The predicted octanol–water partition coefficient (Wildman–Crippen LogP) is 8.23. The summed E-state index contributed by atoms with van der Waals surface area (Å²) in [5.41, 5.74) is 5.09. The van der Waals surface area contributed by atoms with Crippen molar-refractivity contribution in [1.82, 2.24) is 4.98 Å². The number of oxazole rings is 1. The van der Waals surface area contributed by atoms with Gasteiger partial charge in [-0.1, -0.05) is 19.9 Å². The van der Waals surface area contributed by atoms with Crippen LogP contribution in [-0.4, -0.2) is 10.9 Å². The Bertz CT molecular complexity index is 1270. The number of amides is 1. The van der Waals surface area contributed by atoms with Crippen molar-refractivity contribution < 1.29 is 9.21 Å². The predicted molar refractivity (Wildman–Crippen MR) is 146 cm³/mol. The lowest BCUT2D eigenvalue weighted by atomic mass is 9.98. The fraction of sp³-hybridized carbons (Fsp3) is 0.167. The molecule has 4 aromatic rings. The van der Waals surface area contributed by atoms with Crippen molar-refractivity contribution in [3.8, 4) is 11.5 Å². The van der Waals surface area contributed by atoms with Gasteiger partial charge in [0.25, 0.3) is 5.91 Å². The second-order valence-electron chi connectivity index (χ2n) is 7.34. The average Bonchev–Trinajstić information content (AvgIpc) is 3.19. The number of fused-ring (bicyclic) bond motifs is 1. The summed E-state index contributed by atoms with van der Waals surface area (Å²) in [6.07, 6.45) is 1.08. The number of rotatable bonds is 5. The molecule has 0 saturated heterocycles. The molecule has 1 unspecified atom stereocenters. The molecular formula is C24H19BrI2N2O2. The number of benzene rings is 3. The summed E-state index contributed by atoms with van der Waals surface area (Å²) < 4.78 is 8.76. The minimum Gasteiger partial charge on any atom is -0.436 e. The molecule has 1 aromatic heterocycles. The van der Waals surface area contributed by atoms with Gasteiger partial charge >= 0.3 is 0 Å². The Hall–Kier alpha value is -1.46. The third-order valence-electron chi connectivity index (χ3n) is 5.22. The third kappa shape index (κ3) is 4.98. The van der Waals surface area contributed by atoms with Crippen LogP contribution in [0.25, 0.3) is 22.6 Å². The van der Waals surface area contributed by atoms with Gasteiger partial charge in [0.15, 0.2) is 5.58 Å². The van der Waals surface area contributed by atoms with E-state index in [0.29, 0.717) is 23.1 Å². The van der Waals surface area contributed by atoms with Gasteiger partial charge in [0.1, 0.15) is 5.52 Å². The molecule has 0 radical (unpaired) electrons. The fourth-order valence-corrected chi connectivity index (χ4v) is 5.48. The van der Waals surface area contributed by atoms with Gasteiger partial charge in [-0.3, -0.25) is 4.79 Å². The van der Waals surface area contributed by atoms with E-state index in [-0.39, 0.29) is 5.91 Å². The van der Waals surface area contributed by atoms with E-state index in [1.807, 2.05) is 42.5 Å². The van der Waals surface area contributed by atoms with Crippen LogP contribution in [-0.2, 0) is 0 Å². The van der Waals surface area contributed by atoms with Gasteiger partial charge in [-0.05, 0) is 128 Å². The van der Waals surface area contributed by atoms with E-state index in [1.165, 1.54) is 5.56 Å². The SMILES string of the molecule is CCC(C)c1ccc2oc(-c3ccc(NC(=O)c4cc(I)cc(I)c4Br)cc3)nc2c1. The number of carbonyl (C=O) groups is 1. The van der Waals surface area contributed by atoms with Crippen molar-refractivity contribution >= 4 is 83.8 Å². The van der Waals surface area contributed by atoms with Crippen LogP contribution < -0.4 is 5.32 Å². The summed E-state index contributed by atoms with van der Waals surface area (Å²) in [5.74, 6) is 0.906. The van der Waals surface area contributed by atoms with Gasteiger partial charge in [-0.15, -0.1) is 0 Å². The highest BCUT2D eigenvalue weighted by Gasteiger charge is 2.15. The molecule has 1 atom stereocenters. The first-order valence-corrected chi connectivity index (χ1v) is 12.8. The summed E-state index contributed by atoms with van der Waals surface area (Å²) >= 11 is 7.94. The molecule has 0 spiro atoms. The molecule has 0 aliphatic heterocycles. The highest BCUT2D eigenvalue weighted by Crippen LogP contribution is 2.30. The number of halogens is 3. The number of aromatic nitrogens is 1. The van der Waals surface area contributed by atoms with Crippen molar-refractivity contribution in [2.24, 2.45) is 0 Å². The molecule has 1 amide bonds. The van der Waals surface area contributed by atoms with E-state index in [0.717, 1.165) is 34.7 Å². The number of hydrogen-bond acceptors (Lipinski definition) is 3. The monoisotopic (exact) mass is 700 g/mol. The molecular weight excluding hydrogens is 682 g/mol.